The molecule has 0 atom stereocenters. The number of rotatable bonds is 3. The number of hydrogen-bond acceptors (Lipinski definition) is 3. The van der Waals surface area contributed by atoms with Crippen LogP contribution in [-0.2, 0) is 0 Å². The molecule has 0 radical (unpaired) electrons. The molecule has 0 aromatic heterocycles. The maximum absolute atomic E-state index is 5.93. The van der Waals surface area contributed by atoms with Crippen LogP contribution in [0.15, 0.2) is 33.7 Å². The topological polar surface area (TPSA) is 47.6 Å². The molecule has 0 aliphatic carbocycles. The zero-order valence-corrected chi connectivity index (χ0v) is 10.3. The molecule has 80 valence electrons. The van der Waals surface area contributed by atoms with E-state index in [1.54, 1.807) is 20.4 Å². The quantitative estimate of drug-likeness (QED) is 0.856. The maximum Gasteiger partial charge on any atom is 0.119 e. The van der Waals surface area contributed by atoms with E-state index in [1.165, 1.54) is 0 Å². The van der Waals surface area contributed by atoms with Crippen molar-refractivity contribution in [2.24, 2.45) is 10.7 Å². The molecule has 2 N–H and O–H groups in total. The molecule has 1 aromatic carbocycles. The van der Waals surface area contributed by atoms with Crippen molar-refractivity contribution in [1.82, 2.24) is 0 Å². The summed E-state index contributed by atoms with van der Waals surface area (Å²) in [5.41, 5.74) is 7.48. The number of hydrogen-bond donors (Lipinski definition) is 1. The number of methoxy groups -OCH3 is 1. The Labute approximate surface area is 97.8 Å². The summed E-state index contributed by atoms with van der Waals surface area (Å²) in [6.07, 6.45) is 1.66. The lowest BCUT2D eigenvalue weighted by atomic mass is 10.1. The zero-order chi connectivity index (χ0) is 11.3. The Morgan fingerprint density at radius 1 is 1.53 bits per heavy atom. The third-order valence-electron chi connectivity index (χ3n) is 1.88. The SMILES string of the molecule is CN=CC(Br)=C(N)c1cccc(OC)c1. The van der Waals surface area contributed by atoms with Gasteiger partial charge in [-0.1, -0.05) is 12.1 Å². The van der Waals surface area contributed by atoms with E-state index in [9.17, 15) is 0 Å². The van der Waals surface area contributed by atoms with Crippen LogP contribution < -0.4 is 10.5 Å². The predicted octanol–water partition coefficient (Wildman–Crippen LogP) is 2.42. The van der Waals surface area contributed by atoms with Gasteiger partial charge in [0, 0.05) is 18.8 Å². The highest BCUT2D eigenvalue weighted by Crippen LogP contribution is 2.20. The molecule has 0 fully saturated rings. The number of aliphatic imine (C=N–C) groups is 1. The van der Waals surface area contributed by atoms with Crippen molar-refractivity contribution in [3.8, 4) is 5.75 Å². The van der Waals surface area contributed by atoms with Crippen LogP contribution in [0.2, 0.25) is 0 Å². The first-order valence-corrected chi connectivity index (χ1v) is 5.20. The van der Waals surface area contributed by atoms with E-state index < -0.39 is 0 Å². The molecular weight excluding hydrogens is 256 g/mol. The van der Waals surface area contributed by atoms with Crippen LogP contribution in [-0.4, -0.2) is 20.4 Å². The van der Waals surface area contributed by atoms with Gasteiger partial charge in [-0.3, -0.25) is 4.99 Å². The number of nitrogens with zero attached hydrogens (tertiary/aromatic N) is 1. The van der Waals surface area contributed by atoms with E-state index in [-0.39, 0.29) is 0 Å². The lowest BCUT2D eigenvalue weighted by Gasteiger charge is -2.05. The minimum Gasteiger partial charge on any atom is -0.497 e. The van der Waals surface area contributed by atoms with Gasteiger partial charge in [-0.25, -0.2) is 0 Å². The van der Waals surface area contributed by atoms with Crippen molar-refractivity contribution >= 4 is 27.8 Å². The standard InChI is InChI=1S/C11H13BrN2O/c1-14-7-10(12)11(13)8-4-3-5-9(6-8)15-2/h3-7H,13H2,1-2H3. The fraction of sp³-hybridized carbons (Fsp3) is 0.182. The van der Waals surface area contributed by atoms with Gasteiger partial charge < -0.3 is 10.5 Å². The fourth-order valence-electron chi connectivity index (χ4n) is 1.11. The molecule has 1 rings (SSSR count). The van der Waals surface area contributed by atoms with E-state index >= 15 is 0 Å². The average Bonchev–Trinajstić information content (AvgIpc) is 2.28. The van der Waals surface area contributed by atoms with E-state index in [4.69, 9.17) is 10.5 Å². The summed E-state index contributed by atoms with van der Waals surface area (Å²) in [5.74, 6) is 0.782. The van der Waals surface area contributed by atoms with Crippen LogP contribution in [0.1, 0.15) is 5.56 Å². The monoisotopic (exact) mass is 268 g/mol. The summed E-state index contributed by atoms with van der Waals surface area (Å²) in [7, 11) is 3.32. The van der Waals surface area contributed by atoms with Gasteiger partial charge in [0.05, 0.1) is 17.3 Å². The highest BCUT2D eigenvalue weighted by Gasteiger charge is 2.02. The highest BCUT2D eigenvalue weighted by molar-refractivity contribution is 9.12. The third-order valence-corrected chi connectivity index (χ3v) is 2.51. The van der Waals surface area contributed by atoms with Crippen LogP contribution in [0.25, 0.3) is 5.70 Å². The minimum absolute atomic E-state index is 0.638. The Bertz CT molecular complexity index is 399. The molecule has 0 aliphatic heterocycles. The number of ether oxygens (including phenoxy) is 1. The molecule has 15 heavy (non-hydrogen) atoms. The summed E-state index contributed by atoms with van der Waals surface area (Å²) in [5, 5.41) is 0. The first kappa shape index (κ1) is 11.8. The predicted molar refractivity (Wildman–Crippen MR) is 67.4 cm³/mol. The molecule has 0 heterocycles. The van der Waals surface area contributed by atoms with Crippen molar-refractivity contribution in [2.75, 3.05) is 14.2 Å². The molecule has 0 bridgehead atoms. The molecule has 3 nitrogen and oxygen atoms in total. The molecule has 0 saturated heterocycles. The second-order valence-corrected chi connectivity index (χ2v) is 3.74. The fourth-order valence-corrected chi connectivity index (χ4v) is 1.55. The van der Waals surface area contributed by atoms with Crippen molar-refractivity contribution in [2.45, 2.75) is 0 Å². The second-order valence-electron chi connectivity index (χ2n) is 2.88. The van der Waals surface area contributed by atoms with Crippen LogP contribution in [0.3, 0.4) is 0 Å². The molecule has 0 saturated carbocycles. The van der Waals surface area contributed by atoms with Gasteiger partial charge in [0.2, 0.25) is 0 Å². The third kappa shape index (κ3) is 3.09. The summed E-state index contributed by atoms with van der Waals surface area (Å²) in [4.78, 5) is 3.88. The first-order valence-electron chi connectivity index (χ1n) is 4.41. The Hall–Kier alpha value is -1.29. The molecular formula is C11H13BrN2O. The molecule has 0 aliphatic rings. The van der Waals surface area contributed by atoms with Crippen LogP contribution in [0.4, 0.5) is 0 Å². The van der Waals surface area contributed by atoms with Gasteiger partial charge in [-0.05, 0) is 28.1 Å². The lowest BCUT2D eigenvalue weighted by Crippen LogP contribution is -1.99. The van der Waals surface area contributed by atoms with Crippen LogP contribution in [0.5, 0.6) is 5.75 Å². The number of allylic oxidation sites excluding steroid dienone is 1. The summed E-state index contributed by atoms with van der Waals surface area (Å²) < 4.78 is 5.88. The van der Waals surface area contributed by atoms with Crippen LogP contribution >= 0.6 is 15.9 Å². The van der Waals surface area contributed by atoms with E-state index in [1.807, 2.05) is 24.3 Å². The van der Waals surface area contributed by atoms with Gasteiger partial charge in [0.1, 0.15) is 5.75 Å². The van der Waals surface area contributed by atoms with Gasteiger partial charge in [-0.15, -0.1) is 0 Å². The molecule has 0 unspecified atom stereocenters. The number of halogens is 1. The Balaban J connectivity index is 3.10. The Morgan fingerprint density at radius 2 is 2.27 bits per heavy atom. The van der Waals surface area contributed by atoms with E-state index in [2.05, 4.69) is 20.9 Å². The first-order chi connectivity index (χ1) is 7.19. The van der Waals surface area contributed by atoms with Crippen molar-refractivity contribution in [3.63, 3.8) is 0 Å². The van der Waals surface area contributed by atoms with Gasteiger partial charge >= 0.3 is 0 Å². The highest BCUT2D eigenvalue weighted by atomic mass is 79.9. The minimum atomic E-state index is 0.638. The van der Waals surface area contributed by atoms with Gasteiger partial charge in [0.15, 0.2) is 0 Å². The van der Waals surface area contributed by atoms with E-state index in [0.29, 0.717) is 5.70 Å². The summed E-state index contributed by atoms with van der Waals surface area (Å²) >= 11 is 3.35. The second kappa shape index (κ2) is 5.56. The van der Waals surface area contributed by atoms with Gasteiger partial charge in [0.25, 0.3) is 0 Å². The Kier molecular flexibility index (Phi) is 4.37. The molecule has 1 aromatic rings. The maximum atomic E-state index is 5.93. The van der Waals surface area contributed by atoms with Crippen LogP contribution in [0, 0.1) is 0 Å². The normalized spacial score (nSPS) is 12.7. The molecule has 0 spiro atoms. The molecule has 4 heteroatoms. The zero-order valence-electron chi connectivity index (χ0n) is 8.70. The van der Waals surface area contributed by atoms with Crippen molar-refractivity contribution in [3.05, 3.63) is 34.3 Å². The van der Waals surface area contributed by atoms with Gasteiger partial charge in [-0.2, -0.15) is 0 Å². The number of nitrogens with two attached hydrogens (primary N) is 1. The average molecular weight is 269 g/mol. The summed E-state index contributed by atoms with van der Waals surface area (Å²) in [6, 6.07) is 7.56. The molecule has 0 amide bonds. The Morgan fingerprint density at radius 3 is 2.87 bits per heavy atom. The lowest BCUT2D eigenvalue weighted by molar-refractivity contribution is 0.414. The van der Waals surface area contributed by atoms with Crippen molar-refractivity contribution < 1.29 is 4.74 Å². The summed E-state index contributed by atoms with van der Waals surface area (Å²) in [6.45, 7) is 0. The smallest absolute Gasteiger partial charge is 0.119 e. The van der Waals surface area contributed by atoms with Crippen molar-refractivity contribution in [1.29, 1.82) is 0 Å². The number of benzene rings is 1. The van der Waals surface area contributed by atoms with E-state index in [0.717, 1.165) is 15.8 Å². The largest absolute Gasteiger partial charge is 0.497 e.